The number of anilines is 1. The number of rotatable bonds is 5. The number of amides is 1. The third kappa shape index (κ3) is 3.63. The van der Waals surface area contributed by atoms with Gasteiger partial charge in [-0.25, -0.2) is 9.97 Å². The van der Waals surface area contributed by atoms with Gasteiger partial charge in [0, 0.05) is 43.5 Å². The number of hydrogen-bond acceptors (Lipinski definition) is 6. The number of likely N-dealkylation sites (N-methyl/N-ethyl adjacent to an activating group) is 1. The summed E-state index contributed by atoms with van der Waals surface area (Å²) >= 11 is 0. The Hall–Kier alpha value is -2.41. The third-order valence-electron chi connectivity index (χ3n) is 6.10. The van der Waals surface area contributed by atoms with Gasteiger partial charge in [-0.05, 0) is 58.3 Å². The highest BCUT2D eigenvalue weighted by Crippen LogP contribution is 2.27. The van der Waals surface area contributed by atoms with Crippen LogP contribution in [0, 0.1) is 19.8 Å². The van der Waals surface area contributed by atoms with Crippen LogP contribution in [0.3, 0.4) is 0 Å². The lowest BCUT2D eigenvalue weighted by Crippen LogP contribution is -2.51. The first-order valence-electron chi connectivity index (χ1n) is 9.99. The molecule has 2 aromatic heterocycles. The van der Waals surface area contributed by atoms with Crippen LogP contribution >= 0.6 is 0 Å². The van der Waals surface area contributed by atoms with E-state index in [1.165, 1.54) is 5.56 Å². The Kier molecular flexibility index (Phi) is 5.10. The Morgan fingerprint density at radius 3 is 2.68 bits per heavy atom. The normalized spacial score (nSPS) is 20.1. The quantitative estimate of drug-likeness (QED) is 0.788. The minimum atomic E-state index is -0.0591. The Morgan fingerprint density at radius 2 is 2.04 bits per heavy atom. The summed E-state index contributed by atoms with van der Waals surface area (Å²) in [5.41, 5.74) is 3.14. The van der Waals surface area contributed by atoms with Gasteiger partial charge >= 0.3 is 0 Å². The van der Waals surface area contributed by atoms with Crippen molar-refractivity contribution < 1.29 is 9.21 Å². The number of nitrogens with zero attached hydrogens (tertiary/aromatic N) is 5. The van der Waals surface area contributed by atoms with Gasteiger partial charge in [-0.15, -0.1) is 0 Å². The predicted molar refractivity (Wildman–Crippen MR) is 108 cm³/mol. The number of hydrogen-bond donors (Lipinski definition) is 0. The second-order valence-electron chi connectivity index (χ2n) is 8.35. The van der Waals surface area contributed by atoms with Crippen LogP contribution < -0.4 is 4.90 Å². The fourth-order valence-corrected chi connectivity index (χ4v) is 4.12. The van der Waals surface area contributed by atoms with E-state index in [1.807, 2.05) is 24.8 Å². The van der Waals surface area contributed by atoms with Crippen molar-refractivity contribution >= 4 is 11.7 Å². The molecular weight excluding hydrogens is 354 g/mol. The van der Waals surface area contributed by atoms with Crippen LogP contribution in [0.1, 0.15) is 33.9 Å². The predicted octanol–water partition coefficient (Wildman–Crippen LogP) is 2.14. The van der Waals surface area contributed by atoms with E-state index in [1.54, 1.807) is 12.5 Å². The molecule has 2 aliphatic rings. The van der Waals surface area contributed by atoms with Crippen molar-refractivity contribution in [3.8, 4) is 0 Å². The van der Waals surface area contributed by atoms with Crippen molar-refractivity contribution in [1.29, 1.82) is 0 Å². The van der Waals surface area contributed by atoms with Crippen LogP contribution in [0.15, 0.2) is 23.0 Å². The average Bonchev–Trinajstić information content (AvgIpc) is 3.31. The molecule has 0 aromatic carbocycles. The van der Waals surface area contributed by atoms with Gasteiger partial charge < -0.3 is 19.1 Å². The van der Waals surface area contributed by atoms with Gasteiger partial charge in [-0.1, -0.05) is 0 Å². The maximum Gasteiger partial charge on any atom is 0.291 e. The third-order valence-corrected chi connectivity index (χ3v) is 6.10. The largest absolute Gasteiger partial charge is 0.472 e. The summed E-state index contributed by atoms with van der Waals surface area (Å²) in [6.07, 6.45) is 5.53. The summed E-state index contributed by atoms with van der Waals surface area (Å²) in [6, 6.07) is 2.51. The average molecular weight is 383 g/mol. The molecule has 2 fully saturated rings. The highest BCUT2D eigenvalue weighted by molar-refractivity contribution is 5.91. The second kappa shape index (κ2) is 7.54. The topological polar surface area (TPSA) is 65.7 Å². The van der Waals surface area contributed by atoms with Crippen LogP contribution in [0.5, 0.6) is 0 Å². The second-order valence-corrected chi connectivity index (χ2v) is 8.35. The van der Waals surface area contributed by atoms with Crippen molar-refractivity contribution in [1.82, 2.24) is 19.8 Å². The van der Waals surface area contributed by atoms with E-state index in [4.69, 9.17) is 9.40 Å². The van der Waals surface area contributed by atoms with E-state index < -0.39 is 0 Å². The summed E-state index contributed by atoms with van der Waals surface area (Å²) in [5, 5.41) is 0. The molecule has 28 heavy (non-hydrogen) atoms. The van der Waals surface area contributed by atoms with Crippen molar-refractivity contribution in [2.45, 2.75) is 32.7 Å². The van der Waals surface area contributed by atoms with Crippen molar-refractivity contribution in [3.05, 3.63) is 41.2 Å². The lowest BCUT2D eigenvalue weighted by Gasteiger charge is -2.38. The van der Waals surface area contributed by atoms with Crippen LogP contribution in [0.2, 0.25) is 0 Å². The number of carbonyl (C=O) groups is 1. The zero-order valence-corrected chi connectivity index (χ0v) is 17.2. The molecule has 0 radical (unpaired) electrons. The molecule has 0 aliphatic carbocycles. The van der Waals surface area contributed by atoms with E-state index in [9.17, 15) is 4.79 Å². The van der Waals surface area contributed by atoms with E-state index in [-0.39, 0.29) is 5.91 Å². The lowest BCUT2D eigenvalue weighted by molar-refractivity contribution is 0.0488. The molecule has 7 nitrogen and oxygen atoms in total. The summed E-state index contributed by atoms with van der Waals surface area (Å²) in [4.78, 5) is 28.6. The Morgan fingerprint density at radius 1 is 1.25 bits per heavy atom. The maximum absolute atomic E-state index is 12.9. The Bertz CT molecular complexity index is 843. The Balaban J connectivity index is 1.45. The summed E-state index contributed by atoms with van der Waals surface area (Å²) in [6.45, 7) is 7.42. The minimum absolute atomic E-state index is 0.0591. The van der Waals surface area contributed by atoms with Gasteiger partial charge in [-0.2, -0.15) is 0 Å². The zero-order chi connectivity index (χ0) is 19.8. The number of carbonyl (C=O) groups excluding carboxylic acids is 1. The number of aromatic nitrogens is 2. The molecule has 0 N–H and O–H groups in total. The molecule has 4 heterocycles. The van der Waals surface area contributed by atoms with Crippen molar-refractivity contribution in [2.24, 2.45) is 5.92 Å². The van der Waals surface area contributed by atoms with E-state index >= 15 is 0 Å². The van der Waals surface area contributed by atoms with E-state index in [2.05, 4.69) is 28.9 Å². The number of furan rings is 1. The van der Waals surface area contributed by atoms with E-state index in [0.29, 0.717) is 17.8 Å². The van der Waals surface area contributed by atoms with Gasteiger partial charge in [0.2, 0.25) is 5.82 Å². The molecular formula is C21H29N5O2. The highest BCUT2D eigenvalue weighted by Gasteiger charge is 2.34. The first kappa shape index (κ1) is 18.9. The van der Waals surface area contributed by atoms with Crippen LogP contribution in [0.4, 0.5) is 5.82 Å². The van der Waals surface area contributed by atoms with Gasteiger partial charge in [0.05, 0.1) is 12.5 Å². The molecule has 0 bridgehead atoms. The lowest BCUT2D eigenvalue weighted by atomic mass is 9.93. The van der Waals surface area contributed by atoms with Crippen molar-refractivity contribution in [2.75, 3.05) is 45.2 Å². The van der Waals surface area contributed by atoms with Gasteiger partial charge in [-0.3, -0.25) is 4.79 Å². The molecule has 4 rings (SSSR count). The summed E-state index contributed by atoms with van der Waals surface area (Å²) < 4.78 is 5.13. The molecule has 7 heteroatoms. The van der Waals surface area contributed by atoms with Gasteiger partial charge in [0.15, 0.2) is 0 Å². The maximum atomic E-state index is 12.9. The zero-order valence-electron chi connectivity index (χ0n) is 17.2. The summed E-state index contributed by atoms with van der Waals surface area (Å²) in [7, 11) is 4.23. The fraction of sp³-hybridized carbons (Fsp3) is 0.571. The van der Waals surface area contributed by atoms with Crippen LogP contribution in [-0.2, 0) is 6.42 Å². The molecule has 0 spiro atoms. The fourth-order valence-electron chi connectivity index (χ4n) is 4.12. The number of likely N-dealkylation sites (tertiary alicyclic amines) is 1. The smallest absolute Gasteiger partial charge is 0.291 e. The first-order valence-corrected chi connectivity index (χ1v) is 9.99. The first-order chi connectivity index (χ1) is 13.4. The van der Waals surface area contributed by atoms with Gasteiger partial charge in [0.25, 0.3) is 5.91 Å². The van der Waals surface area contributed by atoms with Gasteiger partial charge in [0.1, 0.15) is 5.82 Å². The molecule has 1 amide bonds. The summed E-state index contributed by atoms with van der Waals surface area (Å²) in [5.74, 6) is 1.66. The molecule has 0 unspecified atom stereocenters. The van der Waals surface area contributed by atoms with Crippen LogP contribution in [-0.4, -0.2) is 72.0 Å². The molecule has 2 saturated heterocycles. The van der Waals surface area contributed by atoms with E-state index in [0.717, 1.165) is 56.1 Å². The minimum Gasteiger partial charge on any atom is -0.472 e. The Labute approximate surface area is 166 Å². The SMILES string of the molecule is Cc1nc(C(=O)N2CC(Cc3ccoc3)C2)nc(N2CC[C@@H](N(C)C)C2)c1C. The van der Waals surface area contributed by atoms with Crippen LogP contribution in [0.25, 0.3) is 0 Å². The molecule has 1 atom stereocenters. The molecule has 0 saturated carbocycles. The monoisotopic (exact) mass is 383 g/mol. The highest BCUT2D eigenvalue weighted by atomic mass is 16.3. The molecule has 150 valence electrons. The standard InChI is InChI=1S/C21H29N5O2/c1-14-15(2)22-19(23-20(14)25-7-5-18(12-25)24(3)4)21(27)26-10-17(11-26)9-16-6-8-28-13-16/h6,8,13,17-18H,5,7,9-12H2,1-4H3/t18-/m1/s1. The number of aryl methyl sites for hydroxylation is 1. The van der Waals surface area contributed by atoms with Crippen molar-refractivity contribution in [3.63, 3.8) is 0 Å². The molecule has 2 aromatic rings. The molecule has 2 aliphatic heterocycles.